The second kappa shape index (κ2) is 5.66. The lowest BCUT2D eigenvalue weighted by molar-refractivity contribution is 0.505. The van der Waals surface area contributed by atoms with Gasteiger partial charge in [-0.15, -0.1) is 11.6 Å². The maximum Gasteiger partial charge on any atom is 0.216 e. The maximum absolute atomic E-state index is 11.6. The molecule has 16 heavy (non-hydrogen) atoms. The molecule has 0 saturated heterocycles. The second-order valence-corrected chi connectivity index (χ2v) is 5.94. The number of nitrogens with two attached hydrogens (primary N) is 1. The summed E-state index contributed by atoms with van der Waals surface area (Å²) < 4.78 is 23.2. The van der Waals surface area contributed by atoms with E-state index in [-0.39, 0.29) is 5.92 Å². The Labute approximate surface area is 102 Å². The smallest absolute Gasteiger partial charge is 0.216 e. The number of benzene rings is 1. The molecule has 0 bridgehead atoms. The molecule has 1 rings (SSSR count). The van der Waals surface area contributed by atoms with Crippen molar-refractivity contribution >= 4 is 21.6 Å². The minimum absolute atomic E-state index is 0.0881. The number of hydrogen-bond donors (Lipinski definition) is 1. The molecule has 1 aromatic carbocycles. The average molecular weight is 262 g/mol. The first-order chi connectivity index (χ1) is 7.46. The summed E-state index contributed by atoms with van der Waals surface area (Å²) in [6.07, 6.45) is 0.623. The van der Waals surface area contributed by atoms with Crippen LogP contribution in [0.4, 0.5) is 0 Å². The Balaban J connectivity index is 3.07. The molecule has 0 spiro atoms. The Morgan fingerprint density at radius 3 is 2.31 bits per heavy atom. The highest BCUT2D eigenvalue weighted by Crippen LogP contribution is 2.30. The quantitative estimate of drug-likeness (QED) is 0.827. The zero-order chi connectivity index (χ0) is 12.2. The lowest BCUT2D eigenvalue weighted by Crippen LogP contribution is -2.27. The predicted molar refractivity (Wildman–Crippen MR) is 66.8 cm³/mol. The molecule has 0 aliphatic carbocycles. The van der Waals surface area contributed by atoms with Crippen LogP contribution in [0.25, 0.3) is 0 Å². The van der Waals surface area contributed by atoms with Gasteiger partial charge in [0, 0.05) is 5.88 Å². The van der Waals surface area contributed by atoms with Crippen LogP contribution in [0.3, 0.4) is 0 Å². The highest BCUT2D eigenvalue weighted by molar-refractivity contribution is 7.89. The second-order valence-electron chi connectivity index (χ2n) is 3.88. The molecule has 0 radical (unpaired) electrons. The van der Waals surface area contributed by atoms with E-state index in [1.807, 2.05) is 13.0 Å². The Bertz CT molecular complexity index is 419. The van der Waals surface area contributed by atoms with Crippen LogP contribution in [0.5, 0.6) is 0 Å². The molecule has 0 aliphatic heterocycles. The Morgan fingerprint density at radius 1 is 1.31 bits per heavy atom. The number of hydrogen-bond acceptors (Lipinski definition) is 2. The van der Waals surface area contributed by atoms with E-state index in [9.17, 15) is 8.42 Å². The average Bonchev–Trinajstić information content (AvgIpc) is 2.17. The molecule has 0 aromatic heterocycles. The van der Waals surface area contributed by atoms with Gasteiger partial charge in [0.2, 0.25) is 10.0 Å². The van der Waals surface area contributed by atoms with Gasteiger partial charge < -0.3 is 0 Å². The number of halogens is 1. The third-order valence-electron chi connectivity index (χ3n) is 2.56. The van der Waals surface area contributed by atoms with Crippen LogP contribution < -0.4 is 5.14 Å². The van der Waals surface area contributed by atoms with Crippen LogP contribution in [0.15, 0.2) is 30.3 Å². The molecule has 0 heterocycles. The van der Waals surface area contributed by atoms with E-state index >= 15 is 0 Å². The van der Waals surface area contributed by atoms with Crippen LogP contribution >= 0.6 is 11.6 Å². The Morgan fingerprint density at radius 2 is 1.88 bits per heavy atom. The lowest BCUT2D eigenvalue weighted by Gasteiger charge is -2.21. The van der Waals surface area contributed by atoms with Crippen LogP contribution in [0, 0.1) is 5.92 Å². The molecule has 2 N–H and O–H groups in total. The Kier molecular flexibility index (Phi) is 4.77. The standard InChI is InChI=1S/C11H16ClNO2S/c1-9(7-8-12)11(16(13,14)15)10-5-3-2-4-6-10/h2-6,9,11H,7-8H2,1H3,(H2,13,14,15)/t9?,11-/m1/s1. The summed E-state index contributed by atoms with van der Waals surface area (Å²) in [6, 6.07) is 9.01. The van der Waals surface area contributed by atoms with Gasteiger partial charge in [-0.05, 0) is 17.9 Å². The van der Waals surface area contributed by atoms with Crippen LogP contribution in [-0.4, -0.2) is 14.3 Å². The first-order valence-corrected chi connectivity index (χ1v) is 7.23. The van der Waals surface area contributed by atoms with Crippen molar-refractivity contribution in [3.05, 3.63) is 35.9 Å². The molecule has 0 amide bonds. The third-order valence-corrected chi connectivity index (χ3v) is 4.23. The van der Waals surface area contributed by atoms with Crippen molar-refractivity contribution in [2.75, 3.05) is 5.88 Å². The molecule has 5 heteroatoms. The maximum atomic E-state index is 11.6. The van der Waals surface area contributed by atoms with Gasteiger partial charge in [-0.3, -0.25) is 0 Å². The van der Waals surface area contributed by atoms with E-state index in [0.717, 1.165) is 5.56 Å². The SMILES string of the molecule is CC(CCCl)[C@H](c1ccccc1)S(N)(=O)=O. The summed E-state index contributed by atoms with van der Waals surface area (Å²) in [6.45, 7) is 1.85. The normalized spacial score (nSPS) is 15.7. The number of sulfonamides is 1. The van der Waals surface area contributed by atoms with Crippen molar-refractivity contribution in [1.29, 1.82) is 0 Å². The van der Waals surface area contributed by atoms with Crippen molar-refractivity contribution in [1.82, 2.24) is 0 Å². The molecule has 3 nitrogen and oxygen atoms in total. The topological polar surface area (TPSA) is 60.2 Å². The van der Waals surface area contributed by atoms with E-state index < -0.39 is 15.3 Å². The monoisotopic (exact) mass is 261 g/mol. The lowest BCUT2D eigenvalue weighted by atomic mass is 9.98. The summed E-state index contributed by atoms with van der Waals surface area (Å²) in [5, 5.41) is 4.60. The zero-order valence-electron chi connectivity index (χ0n) is 9.14. The van der Waals surface area contributed by atoms with Gasteiger partial charge in [-0.1, -0.05) is 37.3 Å². The van der Waals surface area contributed by atoms with E-state index in [1.54, 1.807) is 24.3 Å². The van der Waals surface area contributed by atoms with Gasteiger partial charge >= 0.3 is 0 Å². The molecule has 90 valence electrons. The van der Waals surface area contributed by atoms with Crippen molar-refractivity contribution in [2.45, 2.75) is 18.6 Å². The minimum Gasteiger partial charge on any atom is -0.228 e. The van der Waals surface area contributed by atoms with Crippen LogP contribution in [0.2, 0.25) is 0 Å². The summed E-state index contributed by atoms with van der Waals surface area (Å²) in [5.74, 6) is 0.343. The number of rotatable bonds is 5. The summed E-state index contributed by atoms with van der Waals surface area (Å²) in [4.78, 5) is 0. The van der Waals surface area contributed by atoms with E-state index in [0.29, 0.717) is 12.3 Å². The number of primary sulfonamides is 1. The fraction of sp³-hybridized carbons (Fsp3) is 0.455. The molecule has 1 unspecified atom stereocenters. The van der Waals surface area contributed by atoms with Crippen LogP contribution in [0.1, 0.15) is 24.2 Å². The van der Waals surface area contributed by atoms with Gasteiger partial charge in [-0.25, -0.2) is 13.6 Å². The molecule has 1 aromatic rings. The highest BCUT2D eigenvalue weighted by Gasteiger charge is 2.28. The fourth-order valence-electron chi connectivity index (χ4n) is 1.81. The molecule has 0 saturated carbocycles. The van der Waals surface area contributed by atoms with Crippen molar-refractivity contribution < 1.29 is 8.42 Å². The van der Waals surface area contributed by atoms with Gasteiger partial charge in [0.25, 0.3) is 0 Å². The summed E-state index contributed by atoms with van der Waals surface area (Å²) in [7, 11) is -3.60. The van der Waals surface area contributed by atoms with Crippen molar-refractivity contribution in [2.24, 2.45) is 11.1 Å². The van der Waals surface area contributed by atoms with Gasteiger partial charge in [0.1, 0.15) is 5.25 Å². The minimum atomic E-state index is -3.60. The largest absolute Gasteiger partial charge is 0.228 e. The van der Waals surface area contributed by atoms with Gasteiger partial charge in [0.05, 0.1) is 0 Å². The van der Waals surface area contributed by atoms with Gasteiger partial charge in [0.15, 0.2) is 0 Å². The first-order valence-electron chi connectivity index (χ1n) is 5.09. The van der Waals surface area contributed by atoms with E-state index in [4.69, 9.17) is 16.7 Å². The Hall–Kier alpha value is -0.580. The number of alkyl halides is 1. The molecule has 0 fully saturated rings. The molecule has 2 atom stereocenters. The first kappa shape index (κ1) is 13.5. The highest BCUT2D eigenvalue weighted by atomic mass is 35.5. The zero-order valence-corrected chi connectivity index (χ0v) is 10.7. The fourth-order valence-corrected chi connectivity index (χ4v) is 3.47. The molecular weight excluding hydrogens is 246 g/mol. The predicted octanol–water partition coefficient (Wildman–Crippen LogP) is 2.28. The van der Waals surface area contributed by atoms with Crippen molar-refractivity contribution in [3.63, 3.8) is 0 Å². The third kappa shape index (κ3) is 3.47. The van der Waals surface area contributed by atoms with Crippen molar-refractivity contribution in [3.8, 4) is 0 Å². The summed E-state index contributed by atoms with van der Waals surface area (Å²) in [5.41, 5.74) is 0.725. The summed E-state index contributed by atoms with van der Waals surface area (Å²) >= 11 is 5.64. The van der Waals surface area contributed by atoms with E-state index in [2.05, 4.69) is 0 Å². The molecule has 0 aliphatic rings. The van der Waals surface area contributed by atoms with Gasteiger partial charge in [-0.2, -0.15) is 0 Å². The van der Waals surface area contributed by atoms with Crippen LogP contribution in [-0.2, 0) is 10.0 Å². The molecular formula is C11H16ClNO2S. The van der Waals surface area contributed by atoms with E-state index in [1.165, 1.54) is 0 Å².